The third kappa shape index (κ3) is 1.66. The van der Waals surface area contributed by atoms with Crippen LogP contribution >= 0.6 is 0 Å². The summed E-state index contributed by atoms with van der Waals surface area (Å²) in [7, 11) is 1.39. The van der Waals surface area contributed by atoms with Gasteiger partial charge in [-0.2, -0.15) is 0 Å². The number of likely N-dealkylation sites (tertiary alicyclic amines) is 1. The van der Waals surface area contributed by atoms with Gasteiger partial charge in [-0.1, -0.05) is 6.08 Å². The minimum atomic E-state index is -0.198. The predicted molar refractivity (Wildman–Crippen MR) is 61.0 cm³/mol. The minimum Gasteiger partial charge on any atom is -0.469 e. The van der Waals surface area contributed by atoms with E-state index in [9.17, 15) is 9.59 Å². The van der Waals surface area contributed by atoms with Gasteiger partial charge in [0.15, 0.2) is 0 Å². The number of methoxy groups -OCH3 is 1. The van der Waals surface area contributed by atoms with Gasteiger partial charge in [0, 0.05) is 18.7 Å². The van der Waals surface area contributed by atoms with Crippen molar-refractivity contribution in [3.05, 3.63) is 11.6 Å². The minimum absolute atomic E-state index is 0.108. The fourth-order valence-corrected chi connectivity index (χ4v) is 3.23. The number of hydrogen-bond acceptors (Lipinski definition) is 3. The number of nitrogens with zero attached hydrogens (tertiary/aromatic N) is 1. The van der Waals surface area contributed by atoms with Crippen LogP contribution in [0.25, 0.3) is 0 Å². The zero-order valence-corrected chi connectivity index (χ0v) is 10.0. The second-order valence-corrected chi connectivity index (χ2v) is 5.32. The highest BCUT2D eigenvalue weighted by atomic mass is 16.5. The maximum Gasteiger partial charge on any atom is 0.312 e. The number of amides is 1. The van der Waals surface area contributed by atoms with Crippen LogP contribution in [-0.2, 0) is 14.3 Å². The number of allylic oxidation sites excluding steroid dienone is 1. The van der Waals surface area contributed by atoms with Crippen LogP contribution in [0.3, 0.4) is 0 Å². The highest BCUT2D eigenvalue weighted by Gasteiger charge is 2.42. The normalized spacial score (nSPS) is 31.1. The van der Waals surface area contributed by atoms with Crippen molar-refractivity contribution in [2.75, 3.05) is 20.2 Å². The molecule has 2 aliphatic carbocycles. The Balaban J connectivity index is 1.59. The fourth-order valence-electron chi connectivity index (χ4n) is 3.23. The molecular formula is C13H17NO3. The van der Waals surface area contributed by atoms with Gasteiger partial charge in [-0.3, -0.25) is 9.59 Å². The van der Waals surface area contributed by atoms with Crippen molar-refractivity contribution < 1.29 is 14.3 Å². The topological polar surface area (TPSA) is 46.6 Å². The van der Waals surface area contributed by atoms with Crippen molar-refractivity contribution in [3.63, 3.8) is 0 Å². The van der Waals surface area contributed by atoms with E-state index < -0.39 is 0 Å². The van der Waals surface area contributed by atoms with E-state index in [4.69, 9.17) is 0 Å². The van der Waals surface area contributed by atoms with Gasteiger partial charge in [-0.05, 0) is 31.1 Å². The van der Waals surface area contributed by atoms with Gasteiger partial charge in [0.05, 0.1) is 13.0 Å². The summed E-state index contributed by atoms with van der Waals surface area (Å²) in [5, 5.41) is 0. The largest absolute Gasteiger partial charge is 0.469 e. The van der Waals surface area contributed by atoms with Gasteiger partial charge < -0.3 is 9.64 Å². The zero-order chi connectivity index (χ0) is 12.0. The van der Waals surface area contributed by atoms with Crippen LogP contribution in [0.2, 0.25) is 0 Å². The lowest BCUT2D eigenvalue weighted by Crippen LogP contribution is -2.54. The number of hydrogen-bond donors (Lipinski definition) is 0. The molecule has 3 aliphatic rings. The first-order chi connectivity index (χ1) is 8.19. The number of carbonyl (C=O) groups excluding carboxylic acids is 2. The molecule has 0 spiro atoms. The van der Waals surface area contributed by atoms with Crippen LogP contribution in [0, 0.1) is 17.8 Å². The Morgan fingerprint density at radius 2 is 2.12 bits per heavy atom. The van der Waals surface area contributed by atoms with Crippen LogP contribution in [0.5, 0.6) is 0 Å². The van der Waals surface area contributed by atoms with Crippen molar-refractivity contribution in [1.82, 2.24) is 4.90 Å². The predicted octanol–water partition coefficient (Wildman–Crippen LogP) is 0.974. The van der Waals surface area contributed by atoms with Crippen molar-refractivity contribution in [2.24, 2.45) is 17.8 Å². The molecule has 4 heteroatoms. The third-order valence-corrected chi connectivity index (χ3v) is 4.28. The molecule has 1 saturated carbocycles. The maximum atomic E-state index is 12.2. The summed E-state index contributed by atoms with van der Waals surface area (Å²) in [5.41, 5.74) is 1.00. The second-order valence-electron chi connectivity index (χ2n) is 5.32. The molecule has 2 unspecified atom stereocenters. The van der Waals surface area contributed by atoms with Gasteiger partial charge in [-0.25, -0.2) is 0 Å². The van der Waals surface area contributed by atoms with Crippen LogP contribution in [0.4, 0.5) is 0 Å². The van der Waals surface area contributed by atoms with Gasteiger partial charge in [0.1, 0.15) is 0 Å². The fraction of sp³-hybridized carbons (Fsp3) is 0.692. The first-order valence-corrected chi connectivity index (χ1v) is 6.28. The summed E-state index contributed by atoms with van der Waals surface area (Å²) in [6, 6.07) is 0. The highest BCUT2D eigenvalue weighted by Crippen LogP contribution is 2.44. The Morgan fingerprint density at radius 3 is 2.65 bits per heavy atom. The van der Waals surface area contributed by atoms with Gasteiger partial charge in [0.25, 0.3) is 0 Å². The molecule has 0 aromatic heterocycles. The molecule has 0 radical (unpaired) electrons. The van der Waals surface area contributed by atoms with Crippen molar-refractivity contribution in [1.29, 1.82) is 0 Å². The van der Waals surface area contributed by atoms with Crippen LogP contribution in [0.1, 0.15) is 19.3 Å². The first kappa shape index (κ1) is 10.8. The molecule has 17 heavy (non-hydrogen) atoms. The lowest BCUT2D eigenvalue weighted by atomic mass is 9.93. The van der Waals surface area contributed by atoms with E-state index in [1.807, 2.05) is 0 Å². The zero-order valence-electron chi connectivity index (χ0n) is 10.0. The summed E-state index contributed by atoms with van der Waals surface area (Å²) >= 11 is 0. The Bertz CT molecular complexity index is 395. The SMILES string of the molecule is COC(=O)C1CN(C(=O)C2=CC3CCC2C3)C1. The summed E-state index contributed by atoms with van der Waals surface area (Å²) in [6.07, 6.45) is 5.72. The molecule has 2 bridgehead atoms. The Morgan fingerprint density at radius 1 is 1.35 bits per heavy atom. The quantitative estimate of drug-likeness (QED) is 0.670. The first-order valence-electron chi connectivity index (χ1n) is 6.28. The molecular weight excluding hydrogens is 218 g/mol. The van der Waals surface area contributed by atoms with Crippen LogP contribution in [-0.4, -0.2) is 37.0 Å². The van der Waals surface area contributed by atoms with E-state index in [-0.39, 0.29) is 17.8 Å². The van der Waals surface area contributed by atoms with Crippen LogP contribution in [0.15, 0.2) is 11.6 Å². The Kier molecular flexibility index (Phi) is 2.45. The summed E-state index contributed by atoms with van der Waals surface area (Å²) in [5.74, 6) is 0.970. The number of fused-ring (bicyclic) bond motifs is 2. The maximum absolute atomic E-state index is 12.2. The monoisotopic (exact) mass is 235 g/mol. The molecule has 1 amide bonds. The van der Waals surface area contributed by atoms with E-state index in [2.05, 4.69) is 10.8 Å². The number of ether oxygens (including phenoxy) is 1. The van der Waals surface area contributed by atoms with Crippen molar-refractivity contribution in [2.45, 2.75) is 19.3 Å². The lowest BCUT2D eigenvalue weighted by molar-refractivity contribution is -0.154. The Hall–Kier alpha value is -1.32. The van der Waals surface area contributed by atoms with E-state index in [0.717, 1.165) is 18.4 Å². The molecule has 2 fully saturated rings. The van der Waals surface area contributed by atoms with Gasteiger partial charge in [-0.15, -0.1) is 0 Å². The average Bonchev–Trinajstić information content (AvgIpc) is 2.88. The van der Waals surface area contributed by atoms with E-state index in [0.29, 0.717) is 24.9 Å². The number of esters is 1. The molecule has 3 rings (SSSR count). The molecule has 0 N–H and O–H groups in total. The molecule has 0 aromatic rings. The molecule has 92 valence electrons. The third-order valence-electron chi connectivity index (χ3n) is 4.28. The smallest absolute Gasteiger partial charge is 0.312 e. The molecule has 0 aromatic carbocycles. The van der Waals surface area contributed by atoms with E-state index in [1.165, 1.54) is 13.5 Å². The van der Waals surface area contributed by atoms with Gasteiger partial charge in [0.2, 0.25) is 5.91 Å². The molecule has 1 heterocycles. The summed E-state index contributed by atoms with van der Waals surface area (Å²) < 4.78 is 4.67. The van der Waals surface area contributed by atoms with Crippen LogP contribution < -0.4 is 0 Å². The standard InChI is InChI=1S/C13H17NO3/c1-17-13(16)10-6-14(7-10)12(15)11-5-8-2-3-9(11)4-8/h5,8-10H,2-4,6-7H2,1H3. The molecule has 1 aliphatic heterocycles. The van der Waals surface area contributed by atoms with Crippen molar-refractivity contribution in [3.8, 4) is 0 Å². The summed E-state index contributed by atoms with van der Waals surface area (Å²) in [4.78, 5) is 25.2. The Labute approximate surface area is 101 Å². The van der Waals surface area contributed by atoms with E-state index in [1.54, 1.807) is 4.90 Å². The number of rotatable bonds is 2. The number of carbonyl (C=O) groups is 2. The van der Waals surface area contributed by atoms with E-state index >= 15 is 0 Å². The summed E-state index contributed by atoms with van der Waals surface area (Å²) in [6.45, 7) is 1.06. The molecule has 2 atom stereocenters. The highest BCUT2D eigenvalue weighted by molar-refractivity contribution is 5.96. The van der Waals surface area contributed by atoms with Gasteiger partial charge >= 0.3 is 5.97 Å². The molecule has 1 saturated heterocycles. The second kappa shape index (κ2) is 3.86. The molecule has 4 nitrogen and oxygen atoms in total. The lowest BCUT2D eigenvalue weighted by Gasteiger charge is -2.38. The van der Waals surface area contributed by atoms with Crippen molar-refractivity contribution >= 4 is 11.9 Å². The average molecular weight is 235 g/mol.